The Kier molecular flexibility index (Phi) is 5.02. The van der Waals surface area contributed by atoms with Crippen LogP contribution in [0.2, 0.25) is 0 Å². The second-order valence-electron chi connectivity index (χ2n) is 8.06. The number of hydrogen-bond donors (Lipinski definition) is 0. The van der Waals surface area contributed by atoms with Crippen molar-refractivity contribution in [2.75, 3.05) is 0 Å². The Morgan fingerprint density at radius 2 is 1.72 bits per heavy atom. The molecule has 1 aromatic carbocycles. The molecule has 148 valence electrons. The van der Waals surface area contributed by atoms with E-state index in [1.165, 1.54) is 0 Å². The van der Waals surface area contributed by atoms with Crippen molar-refractivity contribution in [2.24, 2.45) is 5.92 Å². The van der Waals surface area contributed by atoms with Crippen LogP contribution in [-0.4, -0.2) is 18.5 Å². The predicted molar refractivity (Wildman–Crippen MR) is 117 cm³/mol. The first-order valence-electron chi connectivity index (χ1n) is 10.1. The summed E-state index contributed by atoms with van der Waals surface area (Å²) in [5.74, 6) is 7.10. The van der Waals surface area contributed by atoms with E-state index in [-0.39, 0.29) is 11.7 Å². The summed E-state index contributed by atoms with van der Waals surface area (Å²) in [6, 6.07) is 13.9. The second-order valence-corrected chi connectivity index (χ2v) is 8.06. The van der Waals surface area contributed by atoms with Crippen molar-refractivity contribution in [1.29, 1.82) is 0 Å². The number of pyridine rings is 1. The van der Waals surface area contributed by atoms with Gasteiger partial charge in [0.1, 0.15) is 11.3 Å². The molecule has 0 atom stereocenters. The molecule has 5 heteroatoms. The Labute approximate surface area is 170 Å². The number of aromatic nitrogens is 4. The third-order valence-corrected chi connectivity index (χ3v) is 5.01. The topological polar surface area (TPSA) is 44.2 Å². The third kappa shape index (κ3) is 3.47. The molecular formula is C24H26N4O. The summed E-state index contributed by atoms with van der Waals surface area (Å²) in [6.45, 7) is 8.78. The van der Waals surface area contributed by atoms with Gasteiger partial charge in [-0.1, -0.05) is 38.0 Å². The van der Waals surface area contributed by atoms with Crippen molar-refractivity contribution in [3.05, 3.63) is 70.5 Å². The standard InChI is InChI=1S/C24H26N4O/c1-17(2)10-9-13-20-19(25-23-14-7-8-15-26(20)23)16-27-21-11-5-6-12-22(21)28(18(3)4)24(27)29/h5-8,11-12,14-15,17-18H,10,16H2,1-4H3. The maximum Gasteiger partial charge on any atom is 0.329 e. The lowest BCUT2D eigenvalue weighted by Gasteiger charge is -2.06. The Morgan fingerprint density at radius 3 is 2.45 bits per heavy atom. The molecule has 0 saturated carbocycles. The molecule has 0 aliphatic carbocycles. The fourth-order valence-electron chi connectivity index (χ4n) is 3.66. The minimum atomic E-state index is -0.0145. The summed E-state index contributed by atoms with van der Waals surface area (Å²) in [5.41, 5.74) is 4.38. The van der Waals surface area contributed by atoms with Crippen LogP contribution in [0.3, 0.4) is 0 Å². The summed E-state index contributed by atoms with van der Waals surface area (Å²) < 4.78 is 5.66. The molecule has 5 nitrogen and oxygen atoms in total. The number of hydrogen-bond acceptors (Lipinski definition) is 2. The van der Waals surface area contributed by atoms with Gasteiger partial charge in [-0.2, -0.15) is 0 Å². The number of rotatable bonds is 4. The molecule has 0 spiro atoms. The van der Waals surface area contributed by atoms with Gasteiger partial charge in [0, 0.05) is 18.7 Å². The number of para-hydroxylation sites is 2. The first kappa shape index (κ1) is 19.1. The van der Waals surface area contributed by atoms with Crippen molar-refractivity contribution < 1.29 is 0 Å². The van der Waals surface area contributed by atoms with Crippen LogP contribution < -0.4 is 5.69 Å². The van der Waals surface area contributed by atoms with Crippen LogP contribution in [-0.2, 0) is 6.54 Å². The normalized spacial score (nSPS) is 11.5. The zero-order valence-electron chi connectivity index (χ0n) is 17.4. The molecule has 4 aromatic rings. The van der Waals surface area contributed by atoms with E-state index in [9.17, 15) is 4.79 Å². The van der Waals surface area contributed by atoms with Crippen molar-refractivity contribution >= 4 is 16.7 Å². The quantitative estimate of drug-likeness (QED) is 0.486. The highest BCUT2D eigenvalue weighted by Gasteiger charge is 2.18. The van der Waals surface area contributed by atoms with Crippen LogP contribution in [0.25, 0.3) is 16.7 Å². The molecule has 0 N–H and O–H groups in total. The van der Waals surface area contributed by atoms with E-state index in [4.69, 9.17) is 4.98 Å². The van der Waals surface area contributed by atoms with Gasteiger partial charge in [0.2, 0.25) is 0 Å². The van der Waals surface area contributed by atoms with E-state index in [1.807, 2.05) is 76.0 Å². The first-order chi connectivity index (χ1) is 14.0. The van der Waals surface area contributed by atoms with Gasteiger partial charge in [-0.05, 0) is 50.0 Å². The van der Waals surface area contributed by atoms with Gasteiger partial charge >= 0.3 is 5.69 Å². The summed E-state index contributed by atoms with van der Waals surface area (Å²) in [6.07, 6.45) is 2.80. The number of fused-ring (bicyclic) bond motifs is 2. The van der Waals surface area contributed by atoms with Gasteiger partial charge < -0.3 is 0 Å². The van der Waals surface area contributed by atoms with Crippen LogP contribution in [0.15, 0.2) is 53.5 Å². The van der Waals surface area contributed by atoms with Gasteiger partial charge in [0.25, 0.3) is 0 Å². The van der Waals surface area contributed by atoms with E-state index in [0.717, 1.165) is 34.5 Å². The van der Waals surface area contributed by atoms with Gasteiger partial charge in [-0.15, -0.1) is 0 Å². The van der Waals surface area contributed by atoms with Gasteiger partial charge in [-0.25, -0.2) is 9.78 Å². The lowest BCUT2D eigenvalue weighted by molar-refractivity contribution is 0.574. The zero-order chi connectivity index (χ0) is 20.5. The van der Waals surface area contributed by atoms with Crippen molar-refractivity contribution in [3.63, 3.8) is 0 Å². The highest BCUT2D eigenvalue weighted by molar-refractivity contribution is 5.76. The minimum absolute atomic E-state index is 0.0145. The smallest absolute Gasteiger partial charge is 0.293 e. The van der Waals surface area contributed by atoms with Crippen LogP contribution in [0.4, 0.5) is 0 Å². The Hall–Kier alpha value is -3.26. The molecule has 0 saturated heterocycles. The molecule has 0 aliphatic heterocycles. The maximum absolute atomic E-state index is 13.2. The number of nitrogens with zero attached hydrogens (tertiary/aromatic N) is 4. The SMILES string of the molecule is CC(C)CC#Cc1c(Cn2c(=O)n(C(C)C)c3ccccc32)nc2ccccn12. The fraction of sp³-hybridized carbons (Fsp3) is 0.333. The highest BCUT2D eigenvalue weighted by Crippen LogP contribution is 2.19. The first-order valence-corrected chi connectivity index (χ1v) is 10.1. The highest BCUT2D eigenvalue weighted by atomic mass is 16.1. The van der Waals surface area contributed by atoms with E-state index in [1.54, 1.807) is 0 Å². The maximum atomic E-state index is 13.2. The van der Waals surface area contributed by atoms with E-state index >= 15 is 0 Å². The summed E-state index contributed by atoms with van der Waals surface area (Å²) in [7, 11) is 0. The molecule has 0 fully saturated rings. The summed E-state index contributed by atoms with van der Waals surface area (Å²) in [5, 5.41) is 0. The minimum Gasteiger partial charge on any atom is -0.293 e. The summed E-state index contributed by atoms with van der Waals surface area (Å²) in [4.78, 5) is 18.0. The number of imidazole rings is 2. The lowest BCUT2D eigenvalue weighted by Crippen LogP contribution is -2.26. The second kappa shape index (κ2) is 7.63. The molecule has 29 heavy (non-hydrogen) atoms. The third-order valence-electron chi connectivity index (χ3n) is 5.01. The predicted octanol–water partition coefficient (Wildman–Crippen LogP) is 4.48. The van der Waals surface area contributed by atoms with Gasteiger partial charge in [-0.3, -0.25) is 13.5 Å². The molecule has 3 heterocycles. The van der Waals surface area contributed by atoms with Gasteiger partial charge in [0.15, 0.2) is 0 Å². The van der Waals surface area contributed by atoms with Crippen molar-refractivity contribution in [2.45, 2.75) is 46.7 Å². The van der Waals surface area contributed by atoms with Crippen molar-refractivity contribution in [1.82, 2.24) is 18.5 Å². The van der Waals surface area contributed by atoms with Crippen molar-refractivity contribution in [3.8, 4) is 11.8 Å². The molecule has 0 amide bonds. The molecule has 0 bridgehead atoms. The largest absolute Gasteiger partial charge is 0.329 e. The van der Waals surface area contributed by atoms with E-state index < -0.39 is 0 Å². The Balaban J connectivity index is 1.88. The van der Waals surface area contributed by atoms with E-state index in [0.29, 0.717) is 12.5 Å². The molecule has 4 rings (SSSR count). The monoisotopic (exact) mass is 386 g/mol. The van der Waals surface area contributed by atoms with Crippen LogP contribution >= 0.6 is 0 Å². The fourth-order valence-corrected chi connectivity index (χ4v) is 3.66. The lowest BCUT2D eigenvalue weighted by atomic mass is 10.1. The molecule has 0 unspecified atom stereocenters. The molecular weight excluding hydrogens is 360 g/mol. The Bertz CT molecular complexity index is 1290. The number of benzene rings is 1. The molecule has 3 aromatic heterocycles. The average molecular weight is 386 g/mol. The van der Waals surface area contributed by atoms with E-state index in [2.05, 4.69) is 25.7 Å². The van der Waals surface area contributed by atoms with Crippen LogP contribution in [0.5, 0.6) is 0 Å². The molecule has 0 radical (unpaired) electrons. The Morgan fingerprint density at radius 1 is 1.00 bits per heavy atom. The molecule has 0 aliphatic rings. The van der Waals surface area contributed by atoms with Crippen LogP contribution in [0, 0.1) is 17.8 Å². The summed E-state index contributed by atoms with van der Waals surface area (Å²) >= 11 is 0. The van der Waals surface area contributed by atoms with Crippen LogP contribution in [0.1, 0.15) is 51.5 Å². The zero-order valence-corrected chi connectivity index (χ0v) is 17.4. The van der Waals surface area contributed by atoms with Gasteiger partial charge in [0.05, 0.1) is 23.3 Å². The average Bonchev–Trinajstić information content (AvgIpc) is 3.17.